The molecule has 150 valence electrons. The van der Waals surface area contributed by atoms with Crippen LogP contribution in [-0.2, 0) is 11.0 Å². The lowest BCUT2D eigenvalue weighted by Crippen LogP contribution is -2.22. The number of ether oxygens (including phenoxy) is 1. The van der Waals surface area contributed by atoms with Crippen molar-refractivity contribution in [2.24, 2.45) is 0 Å². The first-order valence-electron chi connectivity index (χ1n) is 7.76. The van der Waals surface area contributed by atoms with E-state index in [4.69, 9.17) is 16.3 Å². The molecule has 0 aliphatic heterocycles. The highest BCUT2D eigenvalue weighted by atomic mass is 35.5. The number of carbonyl (C=O) groups excluding carboxylic acids is 1. The lowest BCUT2D eigenvalue weighted by atomic mass is 10.1. The zero-order valence-corrected chi connectivity index (χ0v) is 15.4. The number of amides is 1. The Hall–Kier alpha value is -3.01. The topological polar surface area (TPSA) is 93.5 Å². The first kappa shape index (κ1) is 21.3. The van der Waals surface area contributed by atoms with Crippen LogP contribution in [0.1, 0.15) is 11.1 Å². The molecule has 0 radical (unpaired) electrons. The number of nitro benzene ring substituents is 1. The fourth-order valence-electron chi connectivity index (χ4n) is 2.34. The summed E-state index contributed by atoms with van der Waals surface area (Å²) in [6.07, 6.45) is -4.62. The maximum atomic E-state index is 12.9. The maximum Gasteiger partial charge on any atom is 0.417 e. The van der Waals surface area contributed by atoms with Crippen LogP contribution in [0.5, 0.6) is 5.75 Å². The van der Waals surface area contributed by atoms with E-state index in [0.29, 0.717) is 5.56 Å². The Labute approximate surface area is 162 Å². The number of carbonyl (C=O) groups is 1. The smallest absolute Gasteiger partial charge is 0.417 e. The van der Waals surface area contributed by atoms with Crippen LogP contribution in [-0.4, -0.2) is 24.5 Å². The predicted molar refractivity (Wildman–Crippen MR) is 98.0 cm³/mol. The molecule has 0 saturated heterocycles. The third kappa shape index (κ3) is 5.03. The van der Waals surface area contributed by atoms with Gasteiger partial charge in [-0.1, -0.05) is 11.6 Å². The number of rotatable bonds is 6. The van der Waals surface area contributed by atoms with E-state index in [1.54, 1.807) is 6.92 Å². The third-order valence-corrected chi connectivity index (χ3v) is 4.05. The van der Waals surface area contributed by atoms with Crippen molar-refractivity contribution in [3.05, 3.63) is 56.6 Å². The van der Waals surface area contributed by atoms with Crippen molar-refractivity contribution in [3.63, 3.8) is 0 Å². The second-order valence-electron chi connectivity index (χ2n) is 5.69. The first-order chi connectivity index (χ1) is 13.0. The van der Waals surface area contributed by atoms with Gasteiger partial charge >= 0.3 is 11.9 Å². The Morgan fingerprint density at radius 1 is 1.29 bits per heavy atom. The molecule has 2 aromatic carbocycles. The summed E-state index contributed by atoms with van der Waals surface area (Å²) in [5.74, 6) is -0.603. The van der Waals surface area contributed by atoms with Gasteiger partial charge < -0.3 is 15.4 Å². The third-order valence-electron chi connectivity index (χ3n) is 3.72. The van der Waals surface area contributed by atoms with Gasteiger partial charge in [0.2, 0.25) is 5.91 Å². The Balaban J connectivity index is 2.10. The Bertz CT molecular complexity index is 919. The number of hydrogen-bond donors (Lipinski definition) is 2. The summed E-state index contributed by atoms with van der Waals surface area (Å²) in [5, 5.41) is 15.6. The first-order valence-corrected chi connectivity index (χ1v) is 8.14. The molecule has 0 saturated carbocycles. The van der Waals surface area contributed by atoms with Crippen LogP contribution in [0.2, 0.25) is 5.02 Å². The molecule has 2 N–H and O–H groups in total. The number of benzene rings is 2. The summed E-state index contributed by atoms with van der Waals surface area (Å²) in [6.45, 7) is 1.22. The summed E-state index contributed by atoms with van der Waals surface area (Å²) < 4.78 is 43.5. The summed E-state index contributed by atoms with van der Waals surface area (Å²) >= 11 is 5.55. The molecule has 2 rings (SSSR count). The van der Waals surface area contributed by atoms with Gasteiger partial charge in [-0.2, -0.15) is 13.2 Å². The van der Waals surface area contributed by atoms with Crippen molar-refractivity contribution < 1.29 is 27.6 Å². The van der Waals surface area contributed by atoms with Gasteiger partial charge in [0.1, 0.15) is 0 Å². The highest BCUT2D eigenvalue weighted by Crippen LogP contribution is 2.36. The van der Waals surface area contributed by atoms with Gasteiger partial charge in [0, 0.05) is 23.5 Å². The molecular formula is C17H15ClF3N3O4. The van der Waals surface area contributed by atoms with Crippen LogP contribution in [0.4, 0.5) is 30.2 Å². The van der Waals surface area contributed by atoms with Gasteiger partial charge in [0.25, 0.3) is 0 Å². The summed E-state index contributed by atoms with van der Waals surface area (Å²) in [7, 11) is 1.25. The van der Waals surface area contributed by atoms with Crippen molar-refractivity contribution in [1.29, 1.82) is 0 Å². The van der Waals surface area contributed by atoms with Crippen molar-refractivity contribution in [1.82, 2.24) is 0 Å². The van der Waals surface area contributed by atoms with Crippen molar-refractivity contribution in [3.8, 4) is 5.75 Å². The largest absolute Gasteiger partial charge is 0.490 e. The second-order valence-corrected chi connectivity index (χ2v) is 6.10. The second kappa shape index (κ2) is 8.34. The lowest BCUT2D eigenvalue weighted by Gasteiger charge is -2.13. The molecule has 1 amide bonds. The van der Waals surface area contributed by atoms with Gasteiger partial charge in [0.15, 0.2) is 5.75 Å². The molecule has 0 unspecified atom stereocenters. The number of nitro groups is 1. The van der Waals surface area contributed by atoms with Crippen LogP contribution >= 0.6 is 11.6 Å². The number of hydrogen-bond acceptors (Lipinski definition) is 5. The van der Waals surface area contributed by atoms with Crippen molar-refractivity contribution >= 4 is 34.6 Å². The van der Waals surface area contributed by atoms with Gasteiger partial charge in [0.05, 0.1) is 29.2 Å². The number of nitrogens with one attached hydrogen (secondary N) is 2. The van der Waals surface area contributed by atoms with E-state index in [0.717, 1.165) is 12.1 Å². The van der Waals surface area contributed by atoms with E-state index in [9.17, 15) is 28.1 Å². The fourth-order valence-corrected chi connectivity index (χ4v) is 2.57. The Morgan fingerprint density at radius 3 is 2.54 bits per heavy atom. The van der Waals surface area contributed by atoms with Crippen LogP contribution in [0.15, 0.2) is 30.3 Å². The molecule has 0 fully saturated rings. The van der Waals surface area contributed by atoms with Gasteiger partial charge in [-0.15, -0.1) is 0 Å². The Kier molecular flexibility index (Phi) is 6.34. The van der Waals surface area contributed by atoms with Gasteiger partial charge in [-0.3, -0.25) is 14.9 Å². The number of alkyl halides is 3. The highest BCUT2D eigenvalue weighted by Gasteiger charge is 2.33. The lowest BCUT2D eigenvalue weighted by molar-refractivity contribution is -0.385. The van der Waals surface area contributed by atoms with Crippen LogP contribution in [0, 0.1) is 17.0 Å². The monoisotopic (exact) mass is 417 g/mol. The molecule has 0 aliphatic rings. The molecule has 28 heavy (non-hydrogen) atoms. The predicted octanol–water partition coefficient (Wildman–Crippen LogP) is 4.63. The maximum absolute atomic E-state index is 12.9. The number of anilines is 2. The van der Waals surface area contributed by atoms with Crippen LogP contribution in [0.25, 0.3) is 0 Å². The SMILES string of the molecule is COc1cc(NC(=O)CNc2ccc(Cl)c(C(F)(F)F)c2)c(C)cc1[N+](=O)[O-]. The summed E-state index contributed by atoms with van der Waals surface area (Å²) in [4.78, 5) is 22.5. The molecule has 0 spiro atoms. The normalized spacial score (nSPS) is 11.1. The molecule has 0 bridgehead atoms. The zero-order valence-electron chi connectivity index (χ0n) is 14.7. The van der Waals surface area contributed by atoms with Gasteiger partial charge in [-0.25, -0.2) is 0 Å². The minimum absolute atomic E-state index is 0.0358. The van der Waals surface area contributed by atoms with Crippen molar-refractivity contribution in [2.45, 2.75) is 13.1 Å². The average Bonchev–Trinajstić information content (AvgIpc) is 2.61. The van der Waals surface area contributed by atoms with Crippen LogP contribution < -0.4 is 15.4 Å². The molecule has 0 atom stereocenters. The van der Waals surface area contributed by atoms with Crippen molar-refractivity contribution in [2.75, 3.05) is 24.3 Å². The number of nitrogens with zero attached hydrogens (tertiary/aromatic N) is 1. The minimum atomic E-state index is -4.62. The summed E-state index contributed by atoms with van der Waals surface area (Å²) in [6, 6.07) is 5.74. The van der Waals surface area contributed by atoms with Gasteiger partial charge in [-0.05, 0) is 30.7 Å². The standard InChI is InChI=1S/C17H15ClF3N3O4/c1-9-5-14(24(26)27)15(28-2)7-13(9)23-16(25)8-22-10-3-4-12(18)11(6-10)17(19,20)21/h3-7,22H,8H2,1-2H3,(H,23,25). The number of aryl methyl sites for hydroxylation is 1. The van der Waals surface area contributed by atoms with Crippen LogP contribution in [0.3, 0.4) is 0 Å². The highest BCUT2D eigenvalue weighted by molar-refractivity contribution is 6.31. The van der Waals surface area contributed by atoms with E-state index >= 15 is 0 Å². The number of halogens is 4. The van der Waals surface area contributed by atoms with E-state index in [1.807, 2.05) is 0 Å². The molecule has 0 heterocycles. The fraction of sp³-hybridized carbons (Fsp3) is 0.235. The molecule has 7 nitrogen and oxygen atoms in total. The Morgan fingerprint density at radius 2 is 1.96 bits per heavy atom. The molecule has 0 aromatic heterocycles. The molecule has 0 aliphatic carbocycles. The molecular weight excluding hydrogens is 403 g/mol. The van der Waals surface area contributed by atoms with E-state index in [-0.39, 0.29) is 29.4 Å². The molecule has 2 aromatic rings. The minimum Gasteiger partial charge on any atom is -0.490 e. The van der Waals surface area contributed by atoms with E-state index in [1.165, 1.54) is 25.3 Å². The summed E-state index contributed by atoms with van der Waals surface area (Å²) in [5.41, 5.74) is -0.509. The quantitative estimate of drug-likeness (QED) is 0.527. The number of methoxy groups -OCH3 is 1. The molecule has 11 heteroatoms. The van der Waals surface area contributed by atoms with E-state index in [2.05, 4.69) is 10.6 Å². The average molecular weight is 418 g/mol. The zero-order chi connectivity index (χ0) is 21.1. The van der Waals surface area contributed by atoms with E-state index < -0.39 is 27.6 Å².